The van der Waals surface area contributed by atoms with Gasteiger partial charge in [-0.3, -0.25) is 0 Å². The van der Waals surface area contributed by atoms with Gasteiger partial charge < -0.3 is 10.1 Å². The van der Waals surface area contributed by atoms with Crippen molar-refractivity contribution in [1.29, 1.82) is 0 Å². The lowest BCUT2D eigenvalue weighted by Crippen LogP contribution is -2.29. The van der Waals surface area contributed by atoms with Gasteiger partial charge in [0.1, 0.15) is 0 Å². The largest absolute Gasteiger partial charge is 0.380 e. The van der Waals surface area contributed by atoms with Crippen molar-refractivity contribution in [3.63, 3.8) is 0 Å². The molecule has 0 fully saturated rings. The average molecular weight is 207 g/mol. The van der Waals surface area contributed by atoms with Crippen molar-refractivity contribution in [3.8, 4) is 0 Å². The lowest BCUT2D eigenvalue weighted by Gasteiger charge is -2.22. The molecule has 0 aromatic heterocycles. The number of ether oxygens (including phenoxy) is 1. The van der Waals surface area contributed by atoms with E-state index >= 15 is 0 Å². The molecule has 1 aromatic carbocycles. The first kappa shape index (κ1) is 12.1. The van der Waals surface area contributed by atoms with Crippen LogP contribution in [0, 0.1) is 13.8 Å². The molecule has 84 valence electrons. The number of aryl methyl sites for hydroxylation is 2. The number of nitrogens with one attached hydrogen (secondary N) is 1. The van der Waals surface area contributed by atoms with Gasteiger partial charge in [-0.05, 0) is 39.3 Å². The summed E-state index contributed by atoms with van der Waals surface area (Å²) in [6, 6.07) is 6.76. The third-order valence-corrected chi connectivity index (χ3v) is 2.84. The molecule has 1 rings (SSSR count). The zero-order valence-electron chi connectivity index (χ0n) is 10.3. The van der Waals surface area contributed by atoms with Crippen molar-refractivity contribution in [3.05, 3.63) is 29.3 Å². The fourth-order valence-electron chi connectivity index (χ4n) is 1.54. The zero-order valence-corrected chi connectivity index (χ0v) is 10.3. The van der Waals surface area contributed by atoms with Gasteiger partial charge in [0, 0.05) is 18.8 Å². The highest BCUT2D eigenvalue weighted by Gasteiger charge is 2.11. The molecule has 2 nitrogen and oxygen atoms in total. The van der Waals surface area contributed by atoms with Crippen LogP contribution in [0.1, 0.15) is 25.0 Å². The van der Waals surface area contributed by atoms with Crippen LogP contribution in [-0.2, 0) is 4.74 Å². The molecule has 2 atom stereocenters. The number of rotatable bonds is 4. The van der Waals surface area contributed by atoms with E-state index in [1.165, 1.54) is 16.8 Å². The van der Waals surface area contributed by atoms with Gasteiger partial charge in [0.2, 0.25) is 0 Å². The van der Waals surface area contributed by atoms with Crippen molar-refractivity contribution in [2.24, 2.45) is 0 Å². The summed E-state index contributed by atoms with van der Waals surface area (Å²) in [5.74, 6) is 0. The van der Waals surface area contributed by atoms with Crippen LogP contribution in [-0.4, -0.2) is 19.3 Å². The van der Waals surface area contributed by atoms with E-state index in [4.69, 9.17) is 4.74 Å². The van der Waals surface area contributed by atoms with Crippen LogP contribution in [0.25, 0.3) is 0 Å². The summed E-state index contributed by atoms with van der Waals surface area (Å²) in [6.45, 7) is 8.44. The molecule has 0 spiro atoms. The van der Waals surface area contributed by atoms with Gasteiger partial charge in [0.25, 0.3) is 0 Å². The van der Waals surface area contributed by atoms with Crippen LogP contribution in [0.2, 0.25) is 0 Å². The third-order valence-electron chi connectivity index (χ3n) is 2.84. The zero-order chi connectivity index (χ0) is 11.4. The van der Waals surface area contributed by atoms with Crippen molar-refractivity contribution < 1.29 is 4.74 Å². The van der Waals surface area contributed by atoms with Crippen LogP contribution in [0.4, 0.5) is 5.69 Å². The van der Waals surface area contributed by atoms with Crippen LogP contribution < -0.4 is 5.32 Å². The van der Waals surface area contributed by atoms with Gasteiger partial charge in [-0.25, -0.2) is 0 Å². The summed E-state index contributed by atoms with van der Waals surface area (Å²) in [6.07, 6.45) is 0.214. The molecule has 1 aromatic rings. The molecule has 0 bridgehead atoms. The number of methoxy groups -OCH3 is 1. The summed E-state index contributed by atoms with van der Waals surface area (Å²) >= 11 is 0. The summed E-state index contributed by atoms with van der Waals surface area (Å²) in [4.78, 5) is 0. The first-order chi connectivity index (χ1) is 7.04. The summed E-state index contributed by atoms with van der Waals surface area (Å²) in [5, 5.41) is 3.46. The summed E-state index contributed by atoms with van der Waals surface area (Å²) in [5.41, 5.74) is 3.77. The van der Waals surface area contributed by atoms with E-state index in [1.807, 2.05) is 0 Å². The Labute approximate surface area is 92.6 Å². The molecule has 0 radical (unpaired) electrons. The molecule has 15 heavy (non-hydrogen) atoms. The van der Waals surface area contributed by atoms with E-state index in [0.717, 1.165) is 0 Å². The van der Waals surface area contributed by atoms with Crippen LogP contribution in [0.3, 0.4) is 0 Å². The van der Waals surface area contributed by atoms with Crippen molar-refractivity contribution in [2.75, 3.05) is 12.4 Å². The van der Waals surface area contributed by atoms with E-state index < -0.39 is 0 Å². The third kappa shape index (κ3) is 3.24. The Balaban J connectivity index is 2.72. The predicted octanol–water partition coefficient (Wildman–Crippen LogP) is 3.14. The second kappa shape index (κ2) is 5.17. The van der Waals surface area contributed by atoms with Crippen LogP contribution >= 0.6 is 0 Å². The highest BCUT2D eigenvalue weighted by molar-refractivity contribution is 5.52. The summed E-state index contributed by atoms with van der Waals surface area (Å²) in [7, 11) is 1.74. The maximum Gasteiger partial charge on any atom is 0.0741 e. The Morgan fingerprint density at radius 3 is 2.40 bits per heavy atom. The van der Waals surface area contributed by atoms with Gasteiger partial charge in [-0.1, -0.05) is 17.7 Å². The number of hydrogen-bond acceptors (Lipinski definition) is 2. The lowest BCUT2D eigenvalue weighted by molar-refractivity contribution is 0.106. The molecular weight excluding hydrogens is 186 g/mol. The van der Waals surface area contributed by atoms with Crippen LogP contribution in [0.5, 0.6) is 0 Å². The standard InChI is InChI=1S/C13H21NO/c1-9-6-7-13(10(2)8-9)14-11(3)12(4)15-5/h6-8,11-12,14H,1-5H3. The number of hydrogen-bond donors (Lipinski definition) is 1. The average Bonchev–Trinajstić information content (AvgIpc) is 2.20. The molecule has 0 heterocycles. The molecule has 0 saturated carbocycles. The minimum absolute atomic E-state index is 0.214. The monoisotopic (exact) mass is 207 g/mol. The van der Waals surface area contributed by atoms with Gasteiger partial charge >= 0.3 is 0 Å². The van der Waals surface area contributed by atoms with Crippen molar-refractivity contribution >= 4 is 5.69 Å². The van der Waals surface area contributed by atoms with Gasteiger partial charge in [-0.2, -0.15) is 0 Å². The lowest BCUT2D eigenvalue weighted by atomic mass is 10.1. The predicted molar refractivity (Wildman–Crippen MR) is 65.5 cm³/mol. The Hall–Kier alpha value is -1.02. The summed E-state index contributed by atoms with van der Waals surface area (Å²) < 4.78 is 5.29. The van der Waals surface area contributed by atoms with E-state index in [9.17, 15) is 0 Å². The highest BCUT2D eigenvalue weighted by atomic mass is 16.5. The fraction of sp³-hybridized carbons (Fsp3) is 0.538. The van der Waals surface area contributed by atoms with Gasteiger partial charge in [-0.15, -0.1) is 0 Å². The first-order valence-electron chi connectivity index (χ1n) is 5.41. The maximum atomic E-state index is 5.29. The molecular formula is C13H21NO. The van der Waals surface area contributed by atoms with Crippen molar-refractivity contribution in [1.82, 2.24) is 0 Å². The van der Waals surface area contributed by atoms with E-state index in [1.54, 1.807) is 7.11 Å². The highest BCUT2D eigenvalue weighted by Crippen LogP contribution is 2.17. The first-order valence-corrected chi connectivity index (χ1v) is 5.41. The Bertz CT molecular complexity index is 322. The van der Waals surface area contributed by atoms with Gasteiger partial charge in [0.15, 0.2) is 0 Å². The van der Waals surface area contributed by atoms with Crippen LogP contribution in [0.15, 0.2) is 18.2 Å². The normalized spacial score (nSPS) is 14.7. The second-order valence-corrected chi connectivity index (χ2v) is 4.19. The molecule has 0 saturated heterocycles. The molecule has 0 aliphatic heterocycles. The van der Waals surface area contributed by atoms with E-state index in [2.05, 4.69) is 51.2 Å². The fourth-order valence-corrected chi connectivity index (χ4v) is 1.54. The molecule has 0 aliphatic rings. The smallest absolute Gasteiger partial charge is 0.0741 e. The Kier molecular flexibility index (Phi) is 4.15. The number of anilines is 1. The molecule has 0 aliphatic carbocycles. The Morgan fingerprint density at radius 2 is 1.87 bits per heavy atom. The van der Waals surface area contributed by atoms with Gasteiger partial charge in [0.05, 0.1) is 6.10 Å². The molecule has 1 N–H and O–H groups in total. The quantitative estimate of drug-likeness (QED) is 0.819. The topological polar surface area (TPSA) is 21.3 Å². The number of benzene rings is 1. The minimum Gasteiger partial charge on any atom is -0.380 e. The second-order valence-electron chi connectivity index (χ2n) is 4.19. The Morgan fingerprint density at radius 1 is 1.20 bits per heavy atom. The molecule has 2 unspecified atom stereocenters. The SMILES string of the molecule is COC(C)C(C)Nc1ccc(C)cc1C. The van der Waals surface area contributed by atoms with E-state index in [0.29, 0.717) is 6.04 Å². The minimum atomic E-state index is 0.214. The van der Waals surface area contributed by atoms with Crippen molar-refractivity contribution in [2.45, 2.75) is 39.8 Å². The van der Waals surface area contributed by atoms with E-state index in [-0.39, 0.29) is 6.10 Å². The molecule has 2 heteroatoms. The maximum absolute atomic E-state index is 5.29. The molecule has 0 amide bonds.